The van der Waals surface area contributed by atoms with Gasteiger partial charge in [0.15, 0.2) is 0 Å². The van der Waals surface area contributed by atoms with E-state index in [2.05, 4.69) is 21.4 Å². The van der Waals surface area contributed by atoms with Crippen LogP contribution in [0.2, 0.25) is 0 Å². The molecule has 0 fully saturated rings. The number of carboxylic acids is 1. The number of benzene rings is 4. The minimum absolute atomic E-state index is 0.337. The highest BCUT2D eigenvalue weighted by atomic mass is 31.0. The lowest BCUT2D eigenvalue weighted by Crippen LogP contribution is -2.14. The quantitative estimate of drug-likeness (QED) is 0.501. The molecule has 4 rings (SSSR count). The van der Waals surface area contributed by atoms with Crippen molar-refractivity contribution in [3.05, 3.63) is 90.5 Å². The standard InChI is InChI=1S/C23H17O2P/c24-23(25)21-18-14-8-7-13-17(18)19(15-9-3-1-4-10-15)20(22(21)26)16-11-5-2-6-12-16/h1-14H,26H2,(H,24,25). The highest BCUT2D eigenvalue weighted by molar-refractivity contribution is 7.28. The lowest BCUT2D eigenvalue weighted by molar-refractivity contribution is 0.0700. The number of carbonyl (C=O) groups is 1. The van der Waals surface area contributed by atoms with Crippen molar-refractivity contribution in [1.29, 1.82) is 0 Å². The Morgan fingerprint density at radius 2 is 1.12 bits per heavy atom. The van der Waals surface area contributed by atoms with Gasteiger partial charge >= 0.3 is 5.97 Å². The highest BCUT2D eigenvalue weighted by Crippen LogP contribution is 2.39. The Kier molecular flexibility index (Phi) is 4.28. The monoisotopic (exact) mass is 356 g/mol. The molecule has 0 aromatic heterocycles. The summed E-state index contributed by atoms with van der Waals surface area (Å²) in [6.45, 7) is 0. The van der Waals surface area contributed by atoms with E-state index in [4.69, 9.17) is 0 Å². The van der Waals surface area contributed by atoms with Crippen molar-refractivity contribution < 1.29 is 9.90 Å². The minimum Gasteiger partial charge on any atom is -0.478 e. The molecule has 1 N–H and O–H groups in total. The summed E-state index contributed by atoms with van der Waals surface area (Å²) in [6, 6.07) is 27.8. The summed E-state index contributed by atoms with van der Waals surface area (Å²) in [7, 11) is 2.66. The molecule has 1 atom stereocenters. The second-order valence-electron chi connectivity index (χ2n) is 6.12. The van der Waals surface area contributed by atoms with Crippen LogP contribution in [0.4, 0.5) is 0 Å². The van der Waals surface area contributed by atoms with Crippen LogP contribution in [0.3, 0.4) is 0 Å². The van der Waals surface area contributed by atoms with Gasteiger partial charge in [0.05, 0.1) is 5.56 Å². The molecule has 0 saturated heterocycles. The molecule has 0 radical (unpaired) electrons. The number of rotatable bonds is 3. The first-order chi connectivity index (χ1) is 12.7. The summed E-state index contributed by atoms with van der Waals surface area (Å²) in [6.07, 6.45) is 0. The van der Waals surface area contributed by atoms with Gasteiger partial charge < -0.3 is 5.11 Å². The van der Waals surface area contributed by atoms with E-state index in [0.29, 0.717) is 10.9 Å². The van der Waals surface area contributed by atoms with Crippen LogP contribution in [0.25, 0.3) is 33.0 Å². The first-order valence-electron chi connectivity index (χ1n) is 8.37. The molecule has 0 aliphatic heterocycles. The molecule has 0 amide bonds. The van der Waals surface area contributed by atoms with Gasteiger partial charge in [0.1, 0.15) is 0 Å². The van der Waals surface area contributed by atoms with Gasteiger partial charge in [-0.2, -0.15) is 0 Å². The van der Waals surface area contributed by atoms with Gasteiger partial charge in [-0.1, -0.05) is 84.9 Å². The first kappa shape index (κ1) is 16.5. The lowest BCUT2D eigenvalue weighted by atomic mass is 9.87. The van der Waals surface area contributed by atoms with Crippen molar-refractivity contribution in [3.8, 4) is 22.3 Å². The van der Waals surface area contributed by atoms with Gasteiger partial charge in [-0.25, -0.2) is 4.79 Å². The summed E-state index contributed by atoms with van der Waals surface area (Å²) >= 11 is 0. The van der Waals surface area contributed by atoms with Crippen molar-refractivity contribution >= 4 is 31.3 Å². The van der Waals surface area contributed by atoms with Crippen LogP contribution >= 0.6 is 9.24 Å². The fourth-order valence-corrected chi connectivity index (χ4v) is 4.09. The maximum atomic E-state index is 12.1. The van der Waals surface area contributed by atoms with Crippen LogP contribution in [-0.2, 0) is 0 Å². The predicted octanol–water partition coefficient (Wildman–Crippen LogP) is 5.37. The molecule has 1 unspecified atom stereocenters. The van der Waals surface area contributed by atoms with E-state index in [1.165, 1.54) is 0 Å². The smallest absolute Gasteiger partial charge is 0.336 e. The van der Waals surface area contributed by atoms with E-state index in [1.54, 1.807) is 0 Å². The van der Waals surface area contributed by atoms with Crippen molar-refractivity contribution in [1.82, 2.24) is 0 Å². The van der Waals surface area contributed by atoms with Crippen molar-refractivity contribution in [2.75, 3.05) is 0 Å². The average molecular weight is 356 g/mol. The first-order valence-corrected chi connectivity index (χ1v) is 8.94. The third-order valence-electron chi connectivity index (χ3n) is 4.59. The Bertz CT molecular complexity index is 1100. The van der Waals surface area contributed by atoms with E-state index in [0.717, 1.165) is 33.0 Å². The van der Waals surface area contributed by atoms with E-state index in [1.807, 2.05) is 72.8 Å². The molecular weight excluding hydrogens is 339 g/mol. The number of hydrogen-bond acceptors (Lipinski definition) is 1. The van der Waals surface area contributed by atoms with Crippen LogP contribution in [0.15, 0.2) is 84.9 Å². The molecule has 0 saturated carbocycles. The summed E-state index contributed by atoms with van der Waals surface area (Å²) in [4.78, 5) is 12.1. The largest absolute Gasteiger partial charge is 0.478 e. The number of fused-ring (bicyclic) bond motifs is 1. The van der Waals surface area contributed by atoms with Crippen molar-refractivity contribution in [2.45, 2.75) is 0 Å². The Morgan fingerprint density at radius 1 is 0.654 bits per heavy atom. The normalized spacial score (nSPS) is 10.8. The van der Waals surface area contributed by atoms with Gasteiger partial charge in [-0.05, 0) is 38.3 Å². The van der Waals surface area contributed by atoms with Crippen LogP contribution in [-0.4, -0.2) is 11.1 Å². The molecule has 0 bridgehead atoms. The number of carboxylic acid groups (broad SMARTS) is 1. The summed E-state index contributed by atoms with van der Waals surface area (Å²) in [5.74, 6) is -0.914. The van der Waals surface area contributed by atoms with Crippen LogP contribution in [0, 0.1) is 0 Å². The summed E-state index contributed by atoms with van der Waals surface area (Å²) in [5.41, 5.74) is 4.41. The van der Waals surface area contributed by atoms with E-state index < -0.39 is 5.97 Å². The molecule has 4 aromatic carbocycles. The molecule has 0 aliphatic carbocycles. The average Bonchev–Trinajstić information content (AvgIpc) is 2.68. The van der Waals surface area contributed by atoms with Crippen LogP contribution < -0.4 is 5.30 Å². The maximum absolute atomic E-state index is 12.1. The zero-order valence-electron chi connectivity index (χ0n) is 14.0. The minimum atomic E-state index is -0.914. The zero-order chi connectivity index (χ0) is 18.1. The second-order valence-corrected chi connectivity index (χ2v) is 6.70. The molecule has 2 nitrogen and oxygen atoms in total. The molecule has 0 heterocycles. The molecule has 4 aromatic rings. The third kappa shape index (κ3) is 2.69. The molecule has 26 heavy (non-hydrogen) atoms. The molecule has 126 valence electrons. The molecule has 0 aliphatic rings. The third-order valence-corrected chi connectivity index (χ3v) is 5.17. The van der Waals surface area contributed by atoms with Crippen molar-refractivity contribution in [3.63, 3.8) is 0 Å². The van der Waals surface area contributed by atoms with Crippen molar-refractivity contribution in [2.24, 2.45) is 0 Å². The fourth-order valence-electron chi connectivity index (χ4n) is 3.50. The number of hydrogen-bond donors (Lipinski definition) is 1. The van der Waals surface area contributed by atoms with E-state index >= 15 is 0 Å². The Morgan fingerprint density at radius 3 is 1.65 bits per heavy atom. The Hall–Kier alpha value is -2.96. The summed E-state index contributed by atoms with van der Waals surface area (Å²) in [5, 5.41) is 12.3. The highest BCUT2D eigenvalue weighted by Gasteiger charge is 2.22. The van der Waals surface area contributed by atoms with E-state index in [-0.39, 0.29) is 0 Å². The number of aromatic carboxylic acids is 1. The fraction of sp³-hybridized carbons (Fsp3) is 0. The topological polar surface area (TPSA) is 37.3 Å². The van der Waals surface area contributed by atoms with E-state index in [9.17, 15) is 9.90 Å². The Labute approximate surface area is 154 Å². The van der Waals surface area contributed by atoms with Gasteiger partial charge in [-0.3, -0.25) is 0 Å². The molecular formula is C23H17O2P. The SMILES string of the molecule is O=C(O)c1c(P)c(-c2ccccc2)c(-c2ccccc2)c2ccccc12. The lowest BCUT2D eigenvalue weighted by Gasteiger charge is -2.19. The van der Waals surface area contributed by atoms with Gasteiger partial charge in [-0.15, -0.1) is 9.24 Å². The van der Waals surface area contributed by atoms with Gasteiger partial charge in [0.25, 0.3) is 0 Å². The molecule has 0 spiro atoms. The van der Waals surface area contributed by atoms with Gasteiger partial charge in [0, 0.05) is 0 Å². The second kappa shape index (κ2) is 6.74. The van der Waals surface area contributed by atoms with Gasteiger partial charge in [0.2, 0.25) is 0 Å². The zero-order valence-corrected chi connectivity index (χ0v) is 15.2. The molecule has 3 heteroatoms. The maximum Gasteiger partial charge on any atom is 0.336 e. The predicted molar refractivity (Wildman–Crippen MR) is 111 cm³/mol. The van der Waals surface area contributed by atoms with Crippen LogP contribution in [0.5, 0.6) is 0 Å². The Balaban J connectivity index is 2.24. The van der Waals surface area contributed by atoms with Crippen LogP contribution in [0.1, 0.15) is 10.4 Å². The summed E-state index contributed by atoms with van der Waals surface area (Å²) < 4.78 is 0.